The summed E-state index contributed by atoms with van der Waals surface area (Å²) in [5.74, 6) is -1.54. The smallest absolute Gasteiger partial charge is 0.335 e. The van der Waals surface area contributed by atoms with Crippen LogP contribution >= 0.6 is 11.6 Å². The van der Waals surface area contributed by atoms with E-state index < -0.39 is 17.8 Å². The zero-order chi connectivity index (χ0) is 22.7. The molecule has 0 bridgehead atoms. The minimum atomic E-state index is -0.817. The molecule has 6 nitrogen and oxygen atoms in total. The van der Waals surface area contributed by atoms with E-state index in [1.807, 2.05) is 0 Å². The summed E-state index contributed by atoms with van der Waals surface area (Å²) in [4.78, 5) is 38.3. The van der Waals surface area contributed by atoms with Crippen molar-refractivity contribution in [3.63, 3.8) is 0 Å². The molecule has 4 rings (SSSR count). The summed E-state index contributed by atoms with van der Waals surface area (Å²) >= 11 is 6.29. The Balaban J connectivity index is 1.56. The molecule has 0 spiro atoms. The number of para-hydroxylation sites is 1. The molecule has 1 fully saturated rings. The molecular weight excluding hydrogens is 435 g/mol. The van der Waals surface area contributed by atoms with Gasteiger partial charge in [0, 0.05) is 0 Å². The summed E-state index contributed by atoms with van der Waals surface area (Å²) in [5.41, 5.74) is 1.24. The van der Waals surface area contributed by atoms with E-state index in [0.717, 1.165) is 4.90 Å². The van der Waals surface area contributed by atoms with Crippen LogP contribution in [0.5, 0.6) is 5.75 Å². The van der Waals surface area contributed by atoms with Crippen LogP contribution in [-0.4, -0.2) is 17.8 Å². The number of benzene rings is 3. The van der Waals surface area contributed by atoms with Crippen LogP contribution in [0.15, 0.2) is 78.4 Å². The average Bonchev–Trinajstić information content (AvgIpc) is 2.77. The number of nitrogens with one attached hydrogen (secondary N) is 1. The molecule has 0 unspecified atom stereocenters. The largest absolute Gasteiger partial charge is 0.487 e. The van der Waals surface area contributed by atoms with E-state index in [2.05, 4.69) is 5.32 Å². The fraction of sp³-hybridized carbons (Fsp3) is 0.0417. The first-order valence-electron chi connectivity index (χ1n) is 9.55. The number of hydrogen-bond acceptors (Lipinski definition) is 4. The summed E-state index contributed by atoms with van der Waals surface area (Å²) < 4.78 is 18.9. The number of rotatable bonds is 5. The third-order valence-corrected chi connectivity index (χ3v) is 4.96. The van der Waals surface area contributed by atoms with E-state index in [1.54, 1.807) is 54.6 Å². The average molecular weight is 451 g/mol. The number of urea groups is 1. The van der Waals surface area contributed by atoms with Gasteiger partial charge in [0.2, 0.25) is 0 Å². The molecule has 0 radical (unpaired) electrons. The van der Waals surface area contributed by atoms with Crippen molar-refractivity contribution in [2.45, 2.75) is 6.61 Å². The number of imide groups is 2. The van der Waals surface area contributed by atoms with Crippen LogP contribution < -0.4 is 15.0 Å². The second-order valence-corrected chi connectivity index (χ2v) is 7.31. The molecule has 1 aliphatic heterocycles. The molecular formula is C24H16ClFN2O4. The van der Waals surface area contributed by atoms with Crippen molar-refractivity contribution in [2.75, 3.05) is 4.90 Å². The highest BCUT2D eigenvalue weighted by atomic mass is 35.5. The second-order valence-electron chi connectivity index (χ2n) is 6.90. The molecule has 1 heterocycles. The first kappa shape index (κ1) is 21.3. The van der Waals surface area contributed by atoms with E-state index in [-0.39, 0.29) is 23.0 Å². The van der Waals surface area contributed by atoms with Gasteiger partial charge in [0.05, 0.1) is 10.7 Å². The Morgan fingerprint density at radius 1 is 0.969 bits per heavy atom. The molecule has 160 valence electrons. The molecule has 1 aliphatic rings. The lowest BCUT2D eigenvalue weighted by atomic mass is 10.1. The normalized spacial score (nSPS) is 15.1. The first-order chi connectivity index (χ1) is 15.4. The number of carbonyl (C=O) groups excluding carboxylic acids is 3. The monoisotopic (exact) mass is 450 g/mol. The Kier molecular flexibility index (Phi) is 6.00. The van der Waals surface area contributed by atoms with Gasteiger partial charge in [0.15, 0.2) is 0 Å². The van der Waals surface area contributed by atoms with Gasteiger partial charge < -0.3 is 4.74 Å². The lowest BCUT2D eigenvalue weighted by Crippen LogP contribution is -2.54. The van der Waals surface area contributed by atoms with Crippen LogP contribution in [0.25, 0.3) is 6.08 Å². The summed E-state index contributed by atoms with van der Waals surface area (Å²) in [6.45, 7) is 0.118. The predicted octanol–water partition coefficient (Wildman–Crippen LogP) is 4.72. The van der Waals surface area contributed by atoms with Crippen LogP contribution in [0, 0.1) is 5.82 Å². The van der Waals surface area contributed by atoms with Gasteiger partial charge in [-0.3, -0.25) is 14.9 Å². The molecule has 3 aromatic rings. The number of barbiturate groups is 1. The lowest BCUT2D eigenvalue weighted by Gasteiger charge is -2.26. The molecule has 0 aromatic heterocycles. The minimum Gasteiger partial charge on any atom is -0.487 e. The third-order valence-electron chi connectivity index (χ3n) is 4.67. The number of nitrogens with zero attached hydrogens (tertiary/aromatic N) is 1. The Labute approximate surface area is 187 Å². The van der Waals surface area contributed by atoms with Crippen molar-refractivity contribution in [3.8, 4) is 5.75 Å². The van der Waals surface area contributed by atoms with Gasteiger partial charge in [-0.1, -0.05) is 48.0 Å². The molecule has 3 aromatic carbocycles. The molecule has 0 saturated carbocycles. The van der Waals surface area contributed by atoms with Crippen molar-refractivity contribution in [3.05, 3.63) is 100 Å². The molecule has 4 amide bonds. The van der Waals surface area contributed by atoms with Gasteiger partial charge in [-0.2, -0.15) is 0 Å². The van der Waals surface area contributed by atoms with Gasteiger partial charge in [0.1, 0.15) is 23.7 Å². The van der Waals surface area contributed by atoms with Gasteiger partial charge in [0.25, 0.3) is 11.8 Å². The van der Waals surface area contributed by atoms with Crippen LogP contribution in [0.4, 0.5) is 14.9 Å². The van der Waals surface area contributed by atoms with Crippen molar-refractivity contribution in [1.29, 1.82) is 0 Å². The van der Waals surface area contributed by atoms with Crippen LogP contribution in [0.3, 0.4) is 0 Å². The standard InChI is InChI=1S/C24H16ClFN2O4/c25-20-13-15(9-10-21(20)32-14-16-5-4-6-17(26)11-16)12-19-22(29)27-24(31)28(23(19)30)18-7-2-1-3-8-18/h1-13H,14H2,(H,27,29,31)/b19-12+. The number of amides is 4. The first-order valence-corrected chi connectivity index (χ1v) is 9.93. The maximum atomic E-state index is 13.3. The third kappa shape index (κ3) is 4.53. The van der Waals surface area contributed by atoms with Crippen LogP contribution in [0.2, 0.25) is 5.02 Å². The van der Waals surface area contributed by atoms with E-state index >= 15 is 0 Å². The zero-order valence-corrected chi connectivity index (χ0v) is 17.3. The molecule has 1 N–H and O–H groups in total. The Morgan fingerprint density at radius 2 is 1.75 bits per heavy atom. The summed E-state index contributed by atoms with van der Waals surface area (Å²) in [5, 5.41) is 2.41. The van der Waals surface area contributed by atoms with Crippen LogP contribution in [0.1, 0.15) is 11.1 Å². The Hall–Kier alpha value is -3.97. The van der Waals surface area contributed by atoms with Gasteiger partial charge in [-0.05, 0) is 53.6 Å². The number of anilines is 1. The van der Waals surface area contributed by atoms with Crippen molar-refractivity contribution >= 4 is 41.2 Å². The molecule has 8 heteroatoms. The van der Waals surface area contributed by atoms with Crippen LogP contribution in [-0.2, 0) is 16.2 Å². The van der Waals surface area contributed by atoms with E-state index in [4.69, 9.17) is 16.3 Å². The molecule has 0 atom stereocenters. The maximum absolute atomic E-state index is 13.3. The Bertz CT molecular complexity index is 1240. The fourth-order valence-corrected chi connectivity index (χ4v) is 3.39. The minimum absolute atomic E-state index is 0.118. The summed E-state index contributed by atoms with van der Waals surface area (Å²) in [7, 11) is 0. The summed E-state index contributed by atoms with van der Waals surface area (Å²) in [6.07, 6.45) is 1.35. The van der Waals surface area contributed by atoms with Crippen molar-refractivity contribution in [2.24, 2.45) is 0 Å². The van der Waals surface area contributed by atoms with Crippen molar-refractivity contribution < 1.29 is 23.5 Å². The highest BCUT2D eigenvalue weighted by molar-refractivity contribution is 6.39. The van der Waals surface area contributed by atoms with Gasteiger partial charge >= 0.3 is 6.03 Å². The zero-order valence-electron chi connectivity index (χ0n) is 16.5. The quantitative estimate of drug-likeness (QED) is 0.450. The number of carbonyl (C=O) groups is 3. The second kappa shape index (κ2) is 9.03. The van der Waals surface area contributed by atoms with Gasteiger partial charge in [-0.25, -0.2) is 14.1 Å². The van der Waals surface area contributed by atoms with E-state index in [1.165, 1.54) is 24.3 Å². The molecule has 32 heavy (non-hydrogen) atoms. The molecule has 0 aliphatic carbocycles. The lowest BCUT2D eigenvalue weighted by molar-refractivity contribution is -0.122. The predicted molar refractivity (Wildman–Crippen MR) is 118 cm³/mol. The van der Waals surface area contributed by atoms with E-state index in [9.17, 15) is 18.8 Å². The van der Waals surface area contributed by atoms with Gasteiger partial charge in [-0.15, -0.1) is 0 Å². The fourth-order valence-electron chi connectivity index (χ4n) is 3.15. The number of hydrogen-bond donors (Lipinski definition) is 1. The maximum Gasteiger partial charge on any atom is 0.335 e. The molecule has 1 saturated heterocycles. The highest BCUT2D eigenvalue weighted by Gasteiger charge is 2.36. The number of halogens is 2. The summed E-state index contributed by atoms with van der Waals surface area (Å²) in [6, 6.07) is 18.2. The van der Waals surface area contributed by atoms with E-state index in [0.29, 0.717) is 22.6 Å². The Morgan fingerprint density at radius 3 is 2.47 bits per heavy atom. The van der Waals surface area contributed by atoms with Crippen molar-refractivity contribution in [1.82, 2.24) is 5.32 Å². The SMILES string of the molecule is O=C1NC(=O)N(c2ccccc2)C(=O)/C1=C/c1ccc(OCc2cccc(F)c2)c(Cl)c1. The topological polar surface area (TPSA) is 75.7 Å². The highest BCUT2D eigenvalue weighted by Crippen LogP contribution is 2.28. The number of ether oxygens (including phenoxy) is 1.